The fraction of sp³-hybridized carbons (Fsp3) is 0.207. The number of hydrogen-bond donors (Lipinski definition) is 0. The fourth-order valence-electron chi connectivity index (χ4n) is 4.67. The second-order valence-corrected chi connectivity index (χ2v) is 8.65. The zero-order valence-electron chi connectivity index (χ0n) is 19.5. The van der Waals surface area contributed by atoms with Gasteiger partial charge in [-0.3, -0.25) is 9.78 Å². The van der Waals surface area contributed by atoms with Crippen molar-refractivity contribution in [2.45, 2.75) is 18.4 Å². The molecule has 5 rings (SSSR count). The molecule has 0 N–H and O–H groups in total. The van der Waals surface area contributed by atoms with Crippen LogP contribution in [0.5, 0.6) is 5.75 Å². The largest absolute Gasteiger partial charge is 0.497 e. The molecular weight excluding hydrogens is 440 g/mol. The molecule has 0 unspecified atom stereocenters. The molecule has 35 heavy (non-hydrogen) atoms. The quantitative estimate of drug-likeness (QED) is 0.377. The maximum Gasteiger partial charge on any atom is 0.339 e. The molecule has 6 nitrogen and oxygen atoms in total. The van der Waals surface area contributed by atoms with E-state index >= 15 is 0 Å². The van der Waals surface area contributed by atoms with Crippen molar-refractivity contribution in [2.75, 3.05) is 20.2 Å². The van der Waals surface area contributed by atoms with Gasteiger partial charge in [-0.25, -0.2) is 4.79 Å². The first kappa shape index (κ1) is 22.6. The van der Waals surface area contributed by atoms with Gasteiger partial charge in [-0.2, -0.15) is 0 Å². The Labute approximate surface area is 204 Å². The van der Waals surface area contributed by atoms with Crippen molar-refractivity contribution in [3.8, 4) is 5.75 Å². The molecule has 3 aromatic carbocycles. The first-order chi connectivity index (χ1) is 17.1. The Morgan fingerprint density at radius 3 is 2.17 bits per heavy atom. The molecule has 1 aliphatic rings. The average Bonchev–Trinajstić information content (AvgIpc) is 2.93. The van der Waals surface area contributed by atoms with Crippen molar-refractivity contribution in [3.05, 3.63) is 108 Å². The molecule has 0 saturated carbocycles. The summed E-state index contributed by atoms with van der Waals surface area (Å²) in [6, 6.07) is 25.9. The summed E-state index contributed by atoms with van der Waals surface area (Å²) in [6.45, 7) is 0.885. The minimum atomic E-state index is -0.980. The van der Waals surface area contributed by atoms with Gasteiger partial charge in [0.25, 0.3) is 5.91 Å². The number of amides is 1. The molecule has 0 bridgehead atoms. The third-order valence-corrected chi connectivity index (χ3v) is 6.58. The highest BCUT2D eigenvalue weighted by atomic mass is 16.6. The zero-order valence-corrected chi connectivity index (χ0v) is 19.5. The number of aromatic nitrogens is 1. The van der Waals surface area contributed by atoms with Gasteiger partial charge < -0.3 is 14.4 Å². The molecule has 176 valence electrons. The summed E-state index contributed by atoms with van der Waals surface area (Å²) in [5, 5.41) is 1.85. The van der Waals surface area contributed by atoms with Crippen molar-refractivity contribution in [2.24, 2.45) is 0 Å². The SMILES string of the molecule is COc1ccc2ccnc(C3(OC(=O)c4ccccc4)CCN(C(=O)c4ccccc4)CC3)c2c1. The summed E-state index contributed by atoms with van der Waals surface area (Å²) in [5.41, 5.74) is 0.832. The topological polar surface area (TPSA) is 68.7 Å². The van der Waals surface area contributed by atoms with Crippen LogP contribution >= 0.6 is 0 Å². The number of carbonyl (C=O) groups is 2. The highest BCUT2D eigenvalue weighted by Crippen LogP contribution is 2.41. The number of piperidine rings is 1. The summed E-state index contributed by atoms with van der Waals surface area (Å²) in [5.74, 6) is 0.268. The molecule has 1 amide bonds. The number of carbonyl (C=O) groups excluding carboxylic acids is 2. The second-order valence-electron chi connectivity index (χ2n) is 8.65. The van der Waals surface area contributed by atoms with E-state index in [1.165, 1.54) is 0 Å². The summed E-state index contributed by atoms with van der Waals surface area (Å²) in [7, 11) is 1.62. The van der Waals surface area contributed by atoms with Gasteiger partial charge in [-0.15, -0.1) is 0 Å². The number of fused-ring (bicyclic) bond motifs is 1. The normalized spacial score (nSPS) is 14.9. The van der Waals surface area contributed by atoms with Crippen molar-refractivity contribution in [1.29, 1.82) is 0 Å². The summed E-state index contributed by atoms with van der Waals surface area (Å²) in [4.78, 5) is 32.8. The number of hydrogen-bond acceptors (Lipinski definition) is 5. The van der Waals surface area contributed by atoms with Crippen LogP contribution < -0.4 is 4.74 Å². The second kappa shape index (κ2) is 9.58. The first-order valence-electron chi connectivity index (χ1n) is 11.7. The number of likely N-dealkylation sites (tertiary alicyclic amines) is 1. The van der Waals surface area contributed by atoms with Crippen LogP contribution in [0.2, 0.25) is 0 Å². The summed E-state index contributed by atoms with van der Waals surface area (Å²) in [6.07, 6.45) is 2.62. The van der Waals surface area contributed by atoms with Crippen LogP contribution in [0.1, 0.15) is 39.3 Å². The molecule has 0 radical (unpaired) electrons. The molecule has 0 atom stereocenters. The maximum atomic E-state index is 13.2. The average molecular weight is 467 g/mol. The lowest BCUT2D eigenvalue weighted by atomic mass is 9.84. The minimum absolute atomic E-state index is 0.0267. The number of nitrogens with zero attached hydrogens (tertiary/aromatic N) is 2. The fourth-order valence-corrected chi connectivity index (χ4v) is 4.67. The van der Waals surface area contributed by atoms with Gasteiger partial charge in [0.15, 0.2) is 5.60 Å². The zero-order chi connectivity index (χ0) is 24.3. The Hall–Kier alpha value is -4.19. The lowest BCUT2D eigenvalue weighted by Gasteiger charge is -2.41. The first-order valence-corrected chi connectivity index (χ1v) is 11.7. The molecule has 6 heteroatoms. The molecule has 1 saturated heterocycles. The maximum absolute atomic E-state index is 13.2. The monoisotopic (exact) mass is 466 g/mol. The highest BCUT2D eigenvalue weighted by Gasteiger charge is 2.43. The highest BCUT2D eigenvalue weighted by molar-refractivity contribution is 5.94. The third kappa shape index (κ3) is 4.47. The van der Waals surface area contributed by atoms with Crippen LogP contribution in [0.25, 0.3) is 10.8 Å². The van der Waals surface area contributed by atoms with E-state index in [4.69, 9.17) is 14.5 Å². The van der Waals surface area contributed by atoms with Crippen LogP contribution in [0, 0.1) is 0 Å². The molecule has 1 aromatic heterocycles. The van der Waals surface area contributed by atoms with E-state index in [1.807, 2.05) is 77.7 Å². The van der Waals surface area contributed by atoms with Gasteiger partial charge in [0.05, 0.1) is 18.4 Å². The van der Waals surface area contributed by atoms with Crippen LogP contribution in [-0.4, -0.2) is 42.0 Å². The lowest BCUT2D eigenvalue weighted by molar-refractivity contribution is -0.0529. The van der Waals surface area contributed by atoms with Gasteiger partial charge in [-0.05, 0) is 47.9 Å². The van der Waals surface area contributed by atoms with Crippen LogP contribution in [0.15, 0.2) is 91.1 Å². The van der Waals surface area contributed by atoms with Crippen LogP contribution in [0.3, 0.4) is 0 Å². The van der Waals surface area contributed by atoms with Crippen molar-refractivity contribution >= 4 is 22.6 Å². The number of pyridine rings is 1. The third-order valence-electron chi connectivity index (χ3n) is 6.58. The Balaban J connectivity index is 1.52. The predicted molar refractivity (Wildman–Crippen MR) is 133 cm³/mol. The van der Waals surface area contributed by atoms with Crippen molar-refractivity contribution in [3.63, 3.8) is 0 Å². The van der Waals surface area contributed by atoms with E-state index in [0.717, 1.165) is 10.8 Å². The van der Waals surface area contributed by atoms with E-state index in [1.54, 1.807) is 25.4 Å². The van der Waals surface area contributed by atoms with Gasteiger partial charge in [0.1, 0.15) is 5.75 Å². The Morgan fingerprint density at radius 2 is 1.51 bits per heavy atom. The molecule has 2 heterocycles. The number of methoxy groups -OCH3 is 1. The van der Waals surface area contributed by atoms with Gasteiger partial charge in [-0.1, -0.05) is 42.5 Å². The summed E-state index contributed by atoms with van der Waals surface area (Å²) >= 11 is 0. The number of benzene rings is 3. The Bertz CT molecular complexity index is 1350. The van der Waals surface area contributed by atoms with Crippen molar-refractivity contribution < 1.29 is 19.1 Å². The Morgan fingerprint density at radius 1 is 0.857 bits per heavy atom. The van der Waals surface area contributed by atoms with Gasteiger partial charge in [0.2, 0.25) is 0 Å². The van der Waals surface area contributed by atoms with E-state index in [-0.39, 0.29) is 5.91 Å². The molecule has 4 aromatic rings. The van der Waals surface area contributed by atoms with E-state index in [9.17, 15) is 9.59 Å². The number of ether oxygens (including phenoxy) is 2. The smallest absolute Gasteiger partial charge is 0.339 e. The molecule has 1 aliphatic heterocycles. The number of esters is 1. The van der Waals surface area contributed by atoms with Crippen LogP contribution in [-0.2, 0) is 10.3 Å². The Kier molecular flexibility index (Phi) is 6.19. The van der Waals surface area contributed by atoms with E-state index in [0.29, 0.717) is 48.5 Å². The molecule has 0 aliphatic carbocycles. The number of rotatable bonds is 5. The molecule has 1 fully saturated rings. The lowest BCUT2D eigenvalue weighted by Crippen LogP contribution is -2.47. The van der Waals surface area contributed by atoms with E-state index in [2.05, 4.69) is 0 Å². The standard InChI is InChI=1S/C29H26N2O4/c1-34-24-13-12-21-14-17-30-26(25(21)20-24)29(35-28(33)23-10-6-3-7-11-23)15-18-31(19-16-29)27(32)22-8-4-2-5-9-22/h2-14,17,20H,15-16,18-19H2,1H3. The minimum Gasteiger partial charge on any atom is -0.497 e. The molecular formula is C29H26N2O4. The van der Waals surface area contributed by atoms with Gasteiger partial charge in [0, 0.05) is 43.1 Å². The van der Waals surface area contributed by atoms with Gasteiger partial charge >= 0.3 is 5.97 Å². The van der Waals surface area contributed by atoms with E-state index < -0.39 is 11.6 Å². The van der Waals surface area contributed by atoms with Crippen LogP contribution in [0.4, 0.5) is 0 Å². The predicted octanol–water partition coefficient (Wildman–Crippen LogP) is 5.23. The molecule has 0 spiro atoms. The van der Waals surface area contributed by atoms with Crippen molar-refractivity contribution in [1.82, 2.24) is 9.88 Å². The summed E-state index contributed by atoms with van der Waals surface area (Å²) < 4.78 is 11.7.